The second-order valence-electron chi connectivity index (χ2n) is 7.93. The summed E-state index contributed by atoms with van der Waals surface area (Å²) in [6.07, 6.45) is 1.01. The molecule has 3 atom stereocenters. The fraction of sp³-hybridized carbons (Fsp3) is 0.435. The third-order valence-corrected chi connectivity index (χ3v) is 4.89. The number of aryl methyl sites for hydroxylation is 1. The van der Waals surface area contributed by atoms with Gasteiger partial charge in [-0.05, 0) is 62.9 Å². The van der Waals surface area contributed by atoms with Crippen LogP contribution in [0.1, 0.15) is 50.2 Å². The molecule has 0 aliphatic rings. The summed E-state index contributed by atoms with van der Waals surface area (Å²) < 4.78 is 11.7. The third kappa shape index (κ3) is 7.14. The maximum Gasteiger partial charge on any atom is 0.328 e. The van der Waals surface area contributed by atoms with E-state index in [-0.39, 0.29) is 11.4 Å². The number of esters is 1. The van der Waals surface area contributed by atoms with Gasteiger partial charge in [0.2, 0.25) is 0 Å². The second kappa shape index (κ2) is 11.0. The number of nitrogens with zero attached hydrogens (tertiary/aromatic N) is 1. The summed E-state index contributed by atoms with van der Waals surface area (Å²) in [5.74, 6) is -0.748. The van der Waals surface area contributed by atoms with Crippen molar-refractivity contribution in [1.29, 1.82) is 0 Å². The maximum atomic E-state index is 12.6. The first-order chi connectivity index (χ1) is 14.6. The molecule has 8 heteroatoms. The number of carbonyl (C=O) groups excluding carboxylic acids is 2. The van der Waals surface area contributed by atoms with E-state index >= 15 is 0 Å². The molecule has 0 unspecified atom stereocenters. The summed E-state index contributed by atoms with van der Waals surface area (Å²) in [6, 6.07) is 7.40. The van der Waals surface area contributed by atoms with Crippen LogP contribution < -0.4 is 10.1 Å². The topological polar surface area (TPSA) is 97.8 Å². The van der Waals surface area contributed by atoms with Crippen LogP contribution in [0.4, 0.5) is 0 Å². The average Bonchev–Trinajstić information content (AvgIpc) is 2.69. The van der Waals surface area contributed by atoms with Crippen molar-refractivity contribution in [2.75, 3.05) is 0 Å². The Labute approximate surface area is 187 Å². The van der Waals surface area contributed by atoms with Gasteiger partial charge in [0.1, 0.15) is 29.7 Å². The van der Waals surface area contributed by atoms with Crippen LogP contribution in [0.25, 0.3) is 0 Å². The molecule has 1 aromatic carbocycles. The van der Waals surface area contributed by atoms with E-state index in [1.165, 1.54) is 25.3 Å². The third-order valence-electron chi connectivity index (χ3n) is 4.60. The lowest BCUT2D eigenvalue weighted by Gasteiger charge is -2.28. The molecule has 2 N–H and O–H groups in total. The first kappa shape index (κ1) is 24.5. The summed E-state index contributed by atoms with van der Waals surface area (Å²) in [4.78, 5) is 28.7. The quantitative estimate of drug-likeness (QED) is 0.555. The Balaban J connectivity index is 2.04. The Kier molecular flexibility index (Phi) is 8.68. The highest BCUT2D eigenvalue weighted by Crippen LogP contribution is 2.28. The molecule has 0 saturated heterocycles. The molecule has 0 spiro atoms. The first-order valence-electron chi connectivity index (χ1n) is 10.2. The van der Waals surface area contributed by atoms with Gasteiger partial charge < -0.3 is 19.9 Å². The van der Waals surface area contributed by atoms with E-state index in [0.29, 0.717) is 23.1 Å². The van der Waals surface area contributed by atoms with Crippen molar-refractivity contribution in [3.8, 4) is 11.5 Å². The van der Waals surface area contributed by atoms with Crippen molar-refractivity contribution >= 4 is 23.5 Å². The van der Waals surface area contributed by atoms with E-state index in [0.717, 1.165) is 5.56 Å². The molecule has 1 aromatic heterocycles. The molecule has 1 amide bonds. The van der Waals surface area contributed by atoms with Gasteiger partial charge in [-0.2, -0.15) is 0 Å². The number of ether oxygens (including phenoxy) is 2. The largest absolute Gasteiger partial charge is 0.505 e. The molecule has 0 aliphatic carbocycles. The lowest BCUT2D eigenvalue weighted by molar-refractivity contribution is -0.155. The smallest absolute Gasteiger partial charge is 0.328 e. The van der Waals surface area contributed by atoms with E-state index < -0.39 is 30.1 Å². The van der Waals surface area contributed by atoms with E-state index in [2.05, 4.69) is 10.3 Å². The van der Waals surface area contributed by atoms with Crippen LogP contribution in [0.5, 0.6) is 11.5 Å². The predicted molar refractivity (Wildman–Crippen MR) is 118 cm³/mol. The monoisotopic (exact) mass is 448 g/mol. The van der Waals surface area contributed by atoms with Crippen LogP contribution in [-0.2, 0) is 9.53 Å². The maximum absolute atomic E-state index is 12.6. The van der Waals surface area contributed by atoms with Crippen molar-refractivity contribution in [3.63, 3.8) is 0 Å². The summed E-state index contributed by atoms with van der Waals surface area (Å²) in [7, 11) is 0. The van der Waals surface area contributed by atoms with Gasteiger partial charge in [0, 0.05) is 6.20 Å². The molecule has 1 heterocycles. The highest BCUT2D eigenvalue weighted by atomic mass is 35.5. The van der Waals surface area contributed by atoms with Gasteiger partial charge in [-0.15, -0.1) is 0 Å². The van der Waals surface area contributed by atoms with E-state index in [1.807, 2.05) is 32.9 Å². The average molecular weight is 449 g/mol. The minimum absolute atomic E-state index is 0.162. The molecule has 0 fully saturated rings. The molecule has 0 aliphatic heterocycles. The van der Waals surface area contributed by atoms with Gasteiger partial charge in [0.25, 0.3) is 5.91 Å². The molecule has 2 aromatic rings. The number of aromatic nitrogens is 1. The second-order valence-corrected chi connectivity index (χ2v) is 8.34. The van der Waals surface area contributed by atoms with Crippen LogP contribution in [0.2, 0.25) is 5.02 Å². The molecule has 0 bridgehead atoms. The summed E-state index contributed by atoms with van der Waals surface area (Å²) in [5.41, 5.74) is 0.853. The summed E-state index contributed by atoms with van der Waals surface area (Å²) in [6.45, 7) is 9.27. The Morgan fingerprint density at radius 3 is 2.52 bits per heavy atom. The molecule has 168 valence electrons. The van der Waals surface area contributed by atoms with Crippen molar-refractivity contribution in [3.05, 3.63) is 52.8 Å². The highest BCUT2D eigenvalue weighted by molar-refractivity contribution is 6.32. The van der Waals surface area contributed by atoms with Crippen molar-refractivity contribution in [2.45, 2.75) is 59.3 Å². The van der Waals surface area contributed by atoms with Crippen LogP contribution >= 0.6 is 11.6 Å². The number of benzene rings is 1. The van der Waals surface area contributed by atoms with Crippen LogP contribution in [0, 0.1) is 12.8 Å². The van der Waals surface area contributed by atoms with Crippen LogP contribution in [-0.4, -0.2) is 40.2 Å². The lowest BCUT2D eigenvalue weighted by Crippen LogP contribution is -2.43. The fourth-order valence-electron chi connectivity index (χ4n) is 2.92. The zero-order valence-electron chi connectivity index (χ0n) is 18.4. The van der Waals surface area contributed by atoms with Gasteiger partial charge in [-0.1, -0.05) is 31.5 Å². The number of amides is 1. The van der Waals surface area contributed by atoms with Crippen LogP contribution in [0.3, 0.4) is 0 Å². The zero-order chi connectivity index (χ0) is 23.1. The molecular weight excluding hydrogens is 420 g/mol. The number of aromatic hydroxyl groups is 1. The summed E-state index contributed by atoms with van der Waals surface area (Å²) in [5, 5.41) is 12.7. The van der Waals surface area contributed by atoms with E-state index in [4.69, 9.17) is 21.1 Å². The van der Waals surface area contributed by atoms with E-state index in [1.54, 1.807) is 13.0 Å². The number of carbonyl (C=O) groups is 2. The number of pyridine rings is 1. The molecule has 2 rings (SSSR count). The Bertz CT molecular complexity index is 919. The highest BCUT2D eigenvalue weighted by Gasteiger charge is 2.28. The zero-order valence-corrected chi connectivity index (χ0v) is 19.1. The van der Waals surface area contributed by atoms with Gasteiger partial charge in [-0.3, -0.25) is 4.79 Å². The molecule has 7 nitrogen and oxygen atoms in total. The number of hydrogen-bond acceptors (Lipinski definition) is 6. The molecule has 31 heavy (non-hydrogen) atoms. The van der Waals surface area contributed by atoms with Crippen molar-refractivity contribution in [1.82, 2.24) is 10.3 Å². The Morgan fingerprint density at radius 1 is 1.19 bits per heavy atom. The Hall–Kier alpha value is -2.80. The summed E-state index contributed by atoms with van der Waals surface area (Å²) >= 11 is 6.29. The van der Waals surface area contributed by atoms with Crippen molar-refractivity contribution in [2.24, 2.45) is 5.92 Å². The van der Waals surface area contributed by atoms with Gasteiger partial charge in [0.05, 0.1) is 5.02 Å². The molecule has 0 saturated carbocycles. The van der Waals surface area contributed by atoms with Crippen molar-refractivity contribution < 1.29 is 24.2 Å². The normalized spacial score (nSPS) is 13.9. The van der Waals surface area contributed by atoms with Gasteiger partial charge in [0.15, 0.2) is 5.69 Å². The SMILES string of the molecule is Cc1ccc(O[C@H](CC(C)C)[C@H](C)OC(=O)[C@H](C)NC(=O)c2ncccc2O)c(Cl)c1. The number of nitrogens with one attached hydrogen (secondary N) is 1. The molecular formula is C23H29ClN2O5. The number of rotatable bonds is 9. The number of halogens is 1. The van der Waals surface area contributed by atoms with Crippen LogP contribution in [0.15, 0.2) is 36.5 Å². The molecule has 0 radical (unpaired) electrons. The first-order valence-corrected chi connectivity index (χ1v) is 10.5. The Morgan fingerprint density at radius 2 is 1.90 bits per heavy atom. The standard InChI is InChI=1S/C23H29ClN2O5/c1-13(2)11-20(31-19-9-8-14(3)12-17(19)24)16(5)30-23(29)15(4)26-22(28)21-18(27)7-6-10-25-21/h6-10,12-13,15-16,20,27H,11H2,1-5H3,(H,26,28)/t15-,16-,20+/m0/s1. The minimum Gasteiger partial charge on any atom is -0.505 e. The predicted octanol–water partition coefficient (Wildman–Crippen LogP) is 4.29. The van der Waals surface area contributed by atoms with Gasteiger partial charge >= 0.3 is 5.97 Å². The minimum atomic E-state index is -0.945. The van der Waals surface area contributed by atoms with E-state index in [9.17, 15) is 14.7 Å². The van der Waals surface area contributed by atoms with Gasteiger partial charge in [-0.25, -0.2) is 9.78 Å². The lowest BCUT2D eigenvalue weighted by atomic mass is 10.0. The fourth-order valence-corrected chi connectivity index (χ4v) is 3.20. The number of hydrogen-bond donors (Lipinski definition) is 2.